The van der Waals surface area contributed by atoms with Crippen molar-refractivity contribution in [1.82, 2.24) is 9.80 Å². The van der Waals surface area contributed by atoms with E-state index >= 15 is 0 Å². The average molecular weight is 578 g/mol. The zero-order valence-corrected chi connectivity index (χ0v) is 24.9. The summed E-state index contributed by atoms with van der Waals surface area (Å²) in [5.74, 6) is 0. The Hall–Kier alpha value is -0.680. The molecule has 0 saturated carbocycles. The standard InChI is InChI=1S/C29H42Br2N2/c1-19(2)32(20(3)4)15-13-29(14-16-33(21(5)6)22(7)8)27-17-23(30)9-11-25(27)26-12-10-24(31)18-28(26)29/h9-12,17-22H,13-16H2,1-8H3. The molecule has 0 fully saturated rings. The van der Waals surface area contributed by atoms with Crippen molar-refractivity contribution in [2.24, 2.45) is 0 Å². The number of halogens is 2. The number of rotatable bonds is 10. The monoisotopic (exact) mass is 576 g/mol. The predicted molar refractivity (Wildman–Crippen MR) is 151 cm³/mol. The number of hydrogen-bond donors (Lipinski definition) is 0. The Kier molecular flexibility index (Phi) is 8.92. The zero-order valence-electron chi connectivity index (χ0n) is 21.8. The molecule has 0 spiro atoms. The molecule has 0 aliphatic heterocycles. The van der Waals surface area contributed by atoms with Gasteiger partial charge in [0.15, 0.2) is 0 Å². The Balaban J connectivity index is 2.13. The first-order valence-corrected chi connectivity index (χ1v) is 14.2. The van der Waals surface area contributed by atoms with E-state index in [9.17, 15) is 0 Å². The van der Waals surface area contributed by atoms with Crippen LogP contribution >= 0.6 is 31.9 Å². The van der Waals surface area contributed by atoms with E-state index in [1.165, 1.54) is 31.2 Å². The van der Waals surface area contributed by atoms with Gasteiger partial charge in [-0.2, -0.15) is 0 Å². The molecule has 0 aromatic heterocycles. The van der Waals surface area contributed by atoms with Crippen molar-refractivity contribution in [2.45, 2.75) is 97.8 Å². The lowest BCUT2D eigenvalue weighted by Gasteiger charge is -2.40. The van der Waals surface area contributed by atoms with Crippen LogP contribution in [0.5, 0.6) is 0 Å². The second-order valence-electron chi connectivity index (χ2n) is 10.8. The number of fused-ring (bicyclic) bond motifs is 3. The third-order valence-electron chi connectivity index (χ3n) is 7.53. The van der Waals surface area contributed by atoms with Gasteiger partial charge in [0.25, 0.3) is 0 Å². The van der Waals surface area contributed by atoms with Crippen LogP contribution in [-0.4, -0.2) is 47.1 Å². The van der Waals surface area contributed by atoms with E-state index in [-0.39, 0.29) is 5.41 Å². The SMILES string of the molecule is CC(C)N(CCC1(CCN(C(C)C)C(C)C)c2cc(Br)ccc2-c2ccc(Br)cc21)C(C)C. The van der Waals surface area contributed by atoms with Crippen molar-refractivity contribution in [2.75, 3.05) is 13.1 Å². The van der Waals surface area contributed by atoms with Crippen molar-refractivity contribution in [3.8, 4) is 11.1 Å². The summed E-state index contributed by atoms with van der Waals surface area (Å²) < 4.78 is 2.35. The fourth-order valence-electron chi connectivity index (χ4n) is 5.97. The number of hydrogen-bond acceptors (Lipinski definition) is 2. The highest BCUT2D eigenvalue weighted by molar-refractivity contribution is 9.10. The summed E-state index contributed by atoms with van der Waals surface area (Å²) in [5, 5.41) is 0. The molecule has 1 aliphatic rings. The van der Waals surface area contributed by atoms with E-state index in [4.69, 9.17) is 0 Å². The van der Waals surface area contributed by atoms with E-state index in [0.29, 0.717) is 24.2 Å². The van der Waals surface area contributed by atoms with Gasteiger partial charge in [-0.1, -0.05) is 44.0 Å². The van der Waals surface area contributed by atoms with Gasteiger partial charge in [0.2, 0.25) is 0 Å². The van der Waals surface area contributed by atoms with Crippen molar-refractivity contribution in [1.29, 1.82) is 0 Å². The van der Waals surface area contributed by atoms with Crippen molar-refractivity contribution in [3.63, 3.8) is 0 Å². The molecule has 4 heteroatoms. The van der Waals surface area contributed by atoms with Gasteiger partial charge in [-0.15, -0.1) is 0 Å². The molecule has 0 heterocycles. The molecular formula is C29H42Br2N2. The molecule has 0 saturated heterocycles. The largest absolute Gasteiger partial charge is 0.298 e. The molecule has 2 nitrogen and oxygen atoms in total. The molecule has 0 N–H and O–H groups in total. The average Bonchev–Trinajstić information content (AvgIpc) is 2.96. The fraction of sp³-hybridized carbons (Fsp3) is 0.586. The van der Waals surface area contributed by atoms with E-state index in [1.807, 2.05) is 0 Å². The van der Waals surface area contributed by atoms with Crippen LogP contribution < -0.4 is 0 Å². The molecule has 0 radical (unpaired) electrons. The smallest absolute Gasteiger partial charge is 0.0240 e. The molecular weight excluding hydrogens is 536 g/mol. The van der Waals surface area contributed by atoms with Crippen LogP contribution in [0.4, 0.5) is 0 Å². The maximum absolute atomic E-state index is 3.80. The summed E-state index contributed by atoms with van der Waals surface area (Å²) in [5.41, 5.74) is 5.79. The highest BCUT2D eigenvalue weighted by Crippen LogP contribution is 2.54. The van der Waals surface area contributed by atoms with Gasteiger partial charge in [-0.3, -0.25) is 9.80 Å². The topological polar surface area (TPSA) is 6.48 Å². The first-order chi connectivity index (χ1) is 15.5. The van der Waals surface area contributed by atoms with Crippen LogP contribution in [0.1, 0.15) is 79.4 Å². The molecule has 0 atom stereocenters. The summed E-state index contributed by atoms with van der Waals surface area (Å²) in [6.07, 6.45) is 2.25. The van der Waals surface area contributed by atoms with Crippen LogP contribution in [0.25, 0.3) is 11.1 Å². The van der Waals surface area contributed by atoms with Crippen LogP contribution in [0.15, 0.2) is 45.3 Å². The maximum Gasteiger partial charge on any atom is 0.0240 e. The van der Waals surface area contributed by atoms with E-state index in [0.717, 1.165) is 25.9 Å². The van der Waals surface area contributed by atoms with Crippen LogP contribution in [0.3, 0.4) is 0 Å². The van der Waals surface area contributed by atoms with E-state index in [1.54, 1.807) is 0 Å². The maximum atomic E-state index is 3.80. The lowest BCUT2D eigenvalue weighted by atomic mass is 9.72. The highest BCUT2D eigenvalue weighted by Gasteiger charge is 2.43. The summed E-state index contributed by atoms with van der Waals surface area (Å²) in [7, 11) is 0. The molecule has 2 aromatic rings. The van der Waals surface area contributed by atoms with E-state index in [2.05, 4.69) is 133 Å². The molecule has 182 valence electrons. The minimum Gasteiger partial charge on any atom is -0.298 e. The van der Waals surface area contributed by atoms with Gasteiger partial charge in [0, 0.05) is 38.5 Å². The van der Waals surface area contributed by atoms with Gasteiger partial charge in [0.1, 0.15) is 0 Å². The predicted octanol–water partition coefficient (Wildman–Crippen LogP) is 8.50. The number of nitrogens with zero attached hydrogens (tertiary/aromatic N) is 2. The third kappa shape index (κ3) is 5.60. The second-order valence-corrected chi connectivity index (χ2v) is 12.6. The molecule has 0 bridgehead atoms. The van der Waals surface area contributed by atoms with Crippen molar-refractivity contribution in [3.05, 3.63) is 56.5 Å². The Bertz CT molecular complexity index is 855. The summed E-state index contributed by atoms with van der Waals surface area (Å²) >= 11 is 7.60. The van der Waals surface area contributed by atoms with Crippen LogP contribution in [0, 0.1) is 0 Å². The molecule has 0 unspecified atom stereocenters. The molecule has 0 amide bonds. The van der Waals surface area contributed by atoms with Crippen LogP contribution in [-0.2, 0) is 5.41 Å². The van der Waals surface area contributed by atoms with Crippen molar-refractivity contribution < 1.29 is 0 Å². The van der Waals surface area contributed by atoms with Crippen molar-refractivity contribution >= 4 is 31.9 Å². The molecule has 2 aromatic carbocycles. The lowest BCUT2D eigenvalue weighted by Crippen LogP contribution is -2.43. The fourth-order valence-corrected chi connectivity index (χ4v) is 6.69. The summed E-state index contributed by atoms with van der Waals surface area (Å²) in [6.45, 7) is 20.8. The minimum atomic E-state index is 0.00227. The number of benzene rings is 2. The Morgan fingerprint density at radius 3 is 1.24 bits per heavy atom. The van der Waals surface area contributed by atoms with Gasteiger partial charge >= 0.3 is 0 Å². The zero-order chi connectivity index (χ0) is 24.5. The first-order valence-electron chi connectivity index (χ1n) is 12.6. The Morgan fingerprint density at radius 2 is 0.939 bits per heavy atom. The van der Waals surface area contributed by atoms with Gasteiger partial charge in [-0.25, -0.2) is 0 Å². The van der Waals surface area contributed by atoms with Gasteiger partial charge in [0.05, 0.1) is 0 Å². The lowest BCUT2D eigenvalue weighted by molar-refractivity contribution is 0.140. The Morgan fingerprint density at radius 1 is 0.606 bits per heavy atom. The minimum absolute atomic E-state index is 0.00227. The Labute approximate surface area is 219 Å². The normalized spacial score (nSPS) is 14.9. The van der Waals surface area contributed by atoms with Crippen LogP contribution in [0.2, 0.25) is 0 Å². The third-order valence-corrected chi connectivity index (χ3v) is 8.52. The summed E-state index contributed by atoms with van der Waals surface area (Å²) in [6, 6.07) is 16.0. The molecule has 3 rings (SSSR count). The second kappa shape index (κ2) is 10.9. The van der Waals surface area contributed by atoms with Gasteiger partial charge < -0.3 is 0 Å². The first kappa shape index (κ1) is 26.9. The summed E-state index contributed by atoms with van der Waals surface area (Å²) in [4.78, 5) is 5.30. The quantitative estimate of drug-likeness (QED) is 0.279. The molecule has 33 heavy (non-hydrogen) atoms. The van der Waals surface area contributed by atoms with E-state index < -0.39 is 0 Å². The highest BCUT2D eigenvalue weighted by atomic mass is 79.9. The molecule has 1 aliphatic carbocycles. The van der Waals surface area contributed by atoms with Gasteiger partial charge in [-0.05, 0) is 128 Å².